The van der Waals surface area contributed by atoms with Gasteiger partial charge in [-0.15, -0.1) is 0 Å². The summed E-state index contributed by atoms with van der Waals surface area (Å²) >= 11 is 0. The van der Waals surface area contributed by atoms with Gasteiger partial charge in [-0.25, -0.2) is 4.68 Å². The first-order valence-corrected chi connectivity index (χ1v) is 7.21. The topological polar surface area (TPSA) is 78.0 Å². The van der Waals surface area contributed by atoms with Gasteiger partial charge in [0.15, 0.2) is 5.78 Å². The third-order valence-electron chi connectivity index (χ3n) is 3.45. The summed E-state index contributed by atoms with van der Waals surface area (Å²) in [6.07, 6.45) is 6.50. The summed E-state index contributed by atoms with van der Waals surface area (Å²) in [5, 5.41) is 14.8. The standard InChI is InChI=1S/C18H13N3O3/c22-18(11-8-14-6-9-15(10-7-14)21(23)24)16-4-1-2-5-17(16)20-13-3-12-19-20/h1-13H. The van der Waals surface area contributed by atoms with Crippen LogP contribution in [0, 0.1) is 10.1 Å². The molecule has 3 aromatic rings. The Hall–Kier alpha value is -3.54. The molecular formula is C18H13N3O3. The Morgan fingerprint density at radius 3 is 2.50 bits per heavy atom. The summed E-state index contributed by atoms with van der Waals surface area (Å²) in [5.41, 5.74) is 1.95. The molecule has 1 aromatic heterocycles. The molecule has 6 nitrogen and oxygen atoms in total. The van der Waals surface area contributed by atoms with Gasteiger partial charge in [0.25, 0.3) is 5.69 Å². The summed E-state index contributed by atoms with van der Waals surface area (Å²) in [6.45, 7) is 0. The van der Waals surface area contributed by atoms with Gasteiger partial charge in [-0.3, -0.25) is 14.9 Å². The van der Waals surface area contributed by atoms with Crippen LogP contribution in [-0.2, 0) is 0 Å². The van der Waals surface area contributed by atoms with Gasteiger partial charge in [-0.2, -0.15) is 5.10 Å². The molecular weight excluding hydrogens is 306 g/mol. The van der Waals surface area contributed by atoms with Gasteiger partial charge in [0, 0.05) is 30.1 Å². The number of ketones is 1. The molecule has 0 fully saturated rings. The zero-order valence-corrected chi connectivity index (χ0v) is 12.6. The van der Waals surface area contributed by atoms with Crippen LogP contribution in [0.15, 0.2) is 73.1 Å². The molecule has 2 aromatic carbocycles. The Kier molecular flexibility index (Phi) is 4.29. The molecule has 0 saturated heterocycles. The van der Waals surface area contributed by atoms with Gasteiger partial charge in [0.1, 0.15) is 0 Å². The van der Waals surface area contributed by atoms with Gasteiger partial charge in [0.2, 0.25) is 0 Å². The number of allylic oxidation sites excluding steroid dienone is 1. The molecule has 6 heteroatoms. The van der Waals surface area contributed by atoms with Crippen LogP contribution >= 0.6 is 0 Å². The van der Waals surface area contributed by atoms with Crippen molar-refractivity contribution >= 4 is 17.5 Å². The molecule has 0 atom stereocenters. The SMILES string of the molecule is O=C(C=Cc1ccc([N+](=O)[O-])cc1)c1ccccc1-n1cccn1. The number of para-hydroxylation sites is 1. The molecule has 0 saturated carbocycles. The number of hydrogen-bond donors (Lipinski definition) is 0. The van der Waals surface area contributed by atoms with E-state index in [1.165, 1.54) is 18.2 Å². The maximum absolute atomic E-state index is 12.5. The number of aromatic nitrogens is 2. The number of carbonyl (C=O) groups excluding carboxylic acids is 1. The molecule has 0 unspecified atom stereocenters. The van der Waals surface area contributed by atoms with Crippen LogP contribution in [0.1, 0.15) is 15.9 Å². The zero-order valence-electron chi connectivity index (χ0n) is 12.6. The lowest BCUT2D eigenvalue weighted by Gasteiger charge is -2.06. The summed E-state index contributed by atoms with van der Waals surface area (Å²) in [6, 6.07) is 15.0. The normalized spacial score (nSPS) is 10.8. The van der Waals surface area contributed by atoms with Crippen molar-refractivity contribution in [1.29, 1.82) is 0 Å². The number of nitro groups is 1. The molecule has 0 amide bonds. The molecule has 0 aliphatic rings. The van der Waals surface area contributed by atoms with Crippen molar-refractivity contribution in [2.24, 2.45) is 0 Å². The van der Waals surface area contributed by atoms with E-state index in [1.54, 1.807) is 53.5 Å². The second-order valence-corrected chi connectivity index (χ2v) is 5.01. The summed E-state index contributed by atoms with van der Waals surface area (Å²) < 4.78 is 1.63. The van der Waals surface area contributed by atoms with E-state index in [1.807, 2.05) is 12.1 Å². The van der Waals surface area contributed by atoms with Crippen LogP contribution in [0.5, 0.6) is 0 Å². The lowest BCUT2D eigenvalue weighted by molar-refractivity contribution is -0.384. The Bertz CT molecular complexity index is 898. The largest absolute Gasteiger partial charge is 0.289 e. The molecule has 0 N–H and O–H groups in total. The molecule has 118 valence electrons. The minimum absolute atomic E-state index is 0.0162. The fraction of sp³-hybridized carbons (Fsp3) is 0. The predicted molar refractivity (Wildman–Crippen MR) is 90.0 cm³/mol. The summed E-state index contributed by atoms with van der Waals surface area (Å²) in [4.78, 5) is 22.7. The average Bonchev–Trinajstić information content (AvgIpc) is 3.14. The fourth-order valence-electron chi connectivity index (χ4n) is 2.26. The molecule has 3 rings (SSSR count). The van der Waals surface area contributed by atoms with Crippen LogP contribution in [0.4, 0.5) is 5.69 Å². The Labute approximate surface area is 137 Å². The molecule has 0 aliphatic heterocycles. The van der Waals surface area contributed by atoms with E-state index in [4.69, 9.17) is 0 Å². The third kappa shape index (κ3) is 3.27. The second kappa shape index (κ2) is 6.70. The van der Waals surface area contributed by atoms with Crippen molar-refractivity contribution in [2.75, 3.05) is 0 Å². The van der Waals surface area contributed by atoms with Gasteiger partial charge >= 0.3 is 0 Å². The van der Waals surface area contributed by atoms with Gasteiger partial charge in [-0.05, 0) is 42.0 Å². The van der Waals surface area contributed by atoms with Crippen molar-refractivity contribution in [2.45, 2.75) is 0 Å². The van der Waals surface area contributed by atoms with E-state index in [0.29, 0.717) is 16.8 Å². The first-order valence-electron chi connectivity index (χ1n) is 7.21. The quantitative estimate of drug-likeness (QED) is 0.311. The van der Waals surface area contributed by atoms with E-state index >= 15 is 0 Å². The molecule has 0 aliphatic carbocycles. The van der Waals surface area contributed by atoms with Crippen LogP contribution in [0.3, 0.4) is 0 Å². The summed E-state index contributed by atoms with van der Waals surface area (Å²) in [5.74, 6) is -0.167. The highest BCUT2D eigenvalue weighted by Gasteiger charge is 2.10. The highest BCUT2D eigenvalue weighted by molar-refractivity contribution is 6.09. The number of non-ortho nitro benzene ring substituents is 1. The van der Waals surface area contributed by atoms with Crippen LogP contribution in [0.2, 0.25) is 0 Å². The molecule has 0 radical (unpaired) electrons. The molecule has 1 heterocycles. The van der Waals surface area contributed by atoms with Crippen LogP contribution in [0.25, 0.3) is 11.8 Å². The smallest absolute Gasteiger partial charge is 0.269 e. The van der Waals surface area contributed by atoms with Crippen molar-refractivity contribution in [3.05, 3.63) is 94.3 Å². The monoisotopic (exact) mass is 319 g/mol. The van der Waals surface area contributed by atoms with Crippen LogP contribution < -0.4 is 0 Å². The maximum Gasteiger partial charge on any atom is 0.269 e. The lowest BCUT2D eigenvalue weighted by Crippen LogP contribution is -2.04. The Morgan fingerprint density at radius 1 is 1.08 bits per heavy atom. The van der Waals surface area contributed by atoms with Gasteiger partial charge < -0.3 is 0 Å². The van der Waals surface area contributed by atoms with Gasteiger partial charge in [-0.1, -0.05) is 18.2 Å². The number of rotatable bonds is 5. The van der Waals surface area contributed by atoms with Crippen LogP contribution in [-0.4, -0.2) is 20.5 Å². The van der Waals surface area contributed by atoms with E-state index in [2.05, 4.69) is 5.10 Å². The van der Waals surface area contributed by atoms with Crippen molar-refractivity contribution in [3.8, 4) is 5.69 Å². The predicted octanol–water partition coefficient (Wildman–Crippen LogP) is 3.68. The molecule has 0 bridgehead atoms. The summed E-state index contributed by atoms with van der Waals surface area (Å²) in [7, 11) is 0. The number of carbonyl (C=O) groups is 1. The highest BCUT2D eigenvalue weighted by Crippen LogP contribution is 2.16. The van der Waals surface area contributed by atoms with Crippen molar-refractivity contribution in [3.63, 3.8) is 0 Å². The number of benzene rings is 2. The fourth-order valence-corrected chi connectivity index (χ4v) is 2.26. The van der Waals surface area contributed by atoms with E-state index in [9.17, 15) is 14.9 Å². The number of nitro benzene ring substituents is 1. The van der Waals surface area contributed by atoms with E-state index < -0.39 is 4.92 Å². The molecule has 0 spiro atoms. The third-order valence-corrected chi connectivity index (χ3v) is 3.45. The second-order valence-electron chi connectivity index (χ2n) is 5.01. The first-order chi connectivity index (χ1) is 11.6. The lowest BCUT2D eigenvalue weighted by atomic mass is 10.1. The highest BCUT2D eigenvalue weighted by atomic mass is 16.6. The van der Waals surface area contributed by atoms with Gasteiger partial charge in [0.05, 0.1) is 10.6 Å². The minimum atomic E-state index is -0.459. The average molecular weight is 319 g/mol. The zero-order chi connectivity index (χ0) is 16.9. The van der Waals surface area contributed by atoms with E-state index in [-0.39, 0.29) is 11.5 Å². The van der Waals surface area contributed by atoms with Crippen molar-refractivity contribution < 1.29 is 9.72 Å². The van der Waals surface area contributed by atoms with Crippen molar-refractivity contribution in [1.82, 2.24) is 9.78 Å². The Morgan fingerprint density at radius 2 is 1.83 bits per heavy atom. The number of nitrogens with zero attached hydrogens (tertiary/aromatic N) is 3. The maximum atomic E-state index is 12.5. The Balaban J connectivity index is 1.84. The molecule has 24 heavy (non-hydrogen) atoms. The number of hydrogen-bond acceptors (Lipinski definition) is 4. The van der Waals surface area contributed by atoms with E-state index in [0.717, 1.165) is 0 Å². The minimum Gasteiger partial charge on any atom is -0.289 e. The first kappa shape index (κ1) is 15.4.